The number of hydrogen-bond acceptors (Lipinski definition) is 0. The SMILES string of the molecule is CCCC1CC=C(c2cccc(F)c2F)CC1. The van der Waals surface area contributed by atoms with Crippen molar-refractivity contribution in [3.8, 4) is 0 Å². The lowest BCUT2D eigenvalue weighted by atomic mass is 9.84. The van der Waals surface area contributed by atoms with E-state index < -0.39 is 11.6 Å². The van der Waals surface area contributed by atoms with E-state index in [9.17, 15) is 8.78 Å². The standard InChI is InChI=1S/C15H18F2/c1-2-4-11-7-9-12(10-8-11)13-5-3-6-14(16)15(13)17/h3,5-6,9,11H,2,4,7-8,10H2,1H3. The third-order valence-electron chi connectivity index (χ3n) is 3.51. The van der Waals surface area contributed by atoms with Crippen molar-refractivity contribution in [2.75, 3.05) is 0 Å². The van der Waals surface area contributed by atoms with Crippen LogP contribution in [-0.4, -0.2) is 0 Å². The number of benzene rings is 1. The van der Waals surface area contributed by atoms with Gasteiger partial charge in [-0.05, 0) is 36.8 Å². The zero-order valence-corrected chi connectivity index (χ0v) is 10.2. The number of hydrogen-bond donors (Lipinski definition) is 0. The van der Waals surface area contributed by atoms with Crippen LogP contribution < -0.4 is 0 Å². The first-order valence-corrected chi connectivity index (χ1v) is 6.35. The van der Waals surface area contributed by atoms with Crippen molar-refractivity contribution in [2.45, 2.75) is 39.0 Å². The number of rotatable bonds is 3. The molecular formula is C15H18F2. The average molecular weight is 236 g/mol. The summed E-state index contributed by atoms with van der Waals surface area (Å²) in [5.74, 6) is -0.729. The molecule has 1 aliphatic carbocycles. The fourth-order valence-corrected chi connectivity index (χ4v) is 2.56. The molecular weight excluding hydrogens is 218 g/mol. The Balaban J connectivity index is 2.16. The maximum absolute atomic E-state index is 13.6. The van der Waals surface area contributed by atoms with Crippen molar-refractivity contribution in [2.24, 2.45) is 5.92 Å². The summed E-state index contributed by atoms with van der Waals surface area (Å²) in [4.78, 5) is 0. The molecule has 92 valence electrons. The van der Waals surface area contributed by atoms with Crippen molar-refractivity contribution >= 4 is 5.57 Å². The Hall–Kier alpha value is -1.18. The molecule has 1 aromatic carbocycles. The van der Waals surface area contributed by atoms with E-state index in [4.69, 9.17) is 0 Å². The van der Waals surface area contributed by atoms with Gasteiger partial charge in [-0.15, -0.1) is 0 Å². The quantitative estimate of drug-likeness (QED) is 0.696. The molecule has 0 N–H and O–H groups in total. The van der Waals surface area contributed by atoms with Gasteiger partial charge in [0.25, 0.3) is 0 Å². The zero-order chi connectivity index (χ0) is 12.3. The first-order chi connectivity index (χ1) is 8.22. The summed E-state index contributed by atoms with van der Waals surface area (Å²) in [5.41, 5.74) is 1.41. The average Bonchev–Trinajstić information content (AvgIpc) is 2.34. The molecule has 0 nitrogen and oxygen atoms in total. The second kappa shape index (κ2) is 5.44. The monoisotopic (exact) mass is 236 g/mol. The maximum Gasteiger partial charge on any atom is 0.166 e. The molecule has 1 unspecified atom stereocenters. The highest BCUT2D eigenvalue weighted by Crippen LogP contribution is 2.33. The van der Waals surface area contributed by atoms with Crippen LogP contribution in [0.3, 0.4) is 0 Å². The molecule has 0 radical (unpaired) electrons. The smallest absolute Gasteiger partial charge is 0.166 e. The summed E-state index contributed by atoms with van der Waals surface area (Å²) in [6, 6.07) is 4.42. The molecule has 17 heavy (non-hydrogen) atoms. The molecule has 0 aromatic heterocycles. The fourth-order valence-electron chi connectivity index (χ4n) is 2.56. The maximum atomic E-state index is 13.6. The lowest BCUT2D eigenvalue weighted by Gasteiger charge is -2.21. The van der Waals surface area contributed by atoms with Crippen molar-refractivity contribution in [3.05, 3.63) is 41.5 Å². The van der Waals surface area contributed by atoms with Crippen molar-refractivity contribution in [1.29, 1.82) is 0 Å². The van der Waals surface area contributed by atoms with Crippen molar-refractivity contribution in [3.63, 3.8) is 0 Å². The predicted molar refractivity (Wildman–Crippen MR) is 66.6 cm³/mol. The van der Waals surface area contributed by atoms with Crippen molar-refractivity contribution < 1.29 is 8.78 Å². The van der Waals surface area contributed by atoms with Gasteiger partial charge in [0.15, 0.2) is 11.6 Å². The van der Waals surface area contributed by atoms with Crippen LogP contribution in [0.2, 0.25) is 0 Å². The predicted octanol–water partition coefficient (Wildman–Crippen LogP) is 4.95. The van der Waals surface area contributed by atoms with Crippen LogP contribution >= 0.6 is 0 Å². The molecule has 0 bridgehead atoms. The van der Waals surface area contributed by atoms with Crippen LogP contribution in [0, 0.1) is 17.6 Å². The van der Waals surface area contributed by atoms with Crippen LogP contribution in [0.25, 0.3) is 5.57 Å². The first kappa shape index (κ1) is 12.3. The van der Waals surface area contributed by atoms with Gasteiger partial charge < -0.3 is 0 Å². The molecule has 0 saturated carbocycles. The van der Waals surface area contributed by atoms with Gasteiger partial charge in [-0.2, -0.15) is 0 Å². The highest BCUT2D eigenvalue weighted by atomic mass is 19.2. The second-order valence-corrected chi connectivity index (χ2v) is 4.76. The third-order valence-corrected chi connectivity index (χ3v) is 3.51. The summed E-state index contributed by atoms with van der Waals surface area (Å²) in [6.07, 6.45) is 7.47. The Morgan fingerprint density at radius 2 is 2.12 bits per heavy atom. The topological polar surface area (TPSA) is 0 Å². The van der Waals surface area contributed by atoms with Gasteiger partial charge in [-0.25, -0.2) is 8.78 Å². The third kappa shape index (κ3) is 2.74. The summed E-state index contributed by atoms with van der Waals surface area (Å²) >= 11 is 0. The van der Waals surface area contributed by atoms with E-state index in [-0.39, 0.29) is 0 Å². The molecule has 2 heteroatoms. The molecule has 0 saturated heterocycles. The molecule has 0 amide bonds. The van der Waals surface area contributed by atoms with Gasteiger partial charge in [0.1, 0.15) is 0 Å². The van der Waals surface area contributed by atoms with Crippen LogP contribution in [0.4, 0.5) is 8.78 Å². The Bertz CT molecular complexity index is 421. The second-order valence-electron chi connectivity index (χ2n) is 4.76. The molecule has 1 aliphatic rings. The van der Waals surface area contributed by atoms with Crippen molar-refractivity contribution in [1.82, 2.24) is 0 Å². The van der Waals surface area contributed by atoms with E-state index in [1.54, 1.807) is 12.1 Å². The van der Waals surface area contributed by atoms with E-state index in [0.29, 0.717) is 5.56 Å². The summed E-state index contributed by atoms with van der Waals surface area (Å²) in [6.45, 7) is 2.19. The lowest BCUT2D eigenvalue weighted by molar-refractivity contribution is 0.443. The molecule has 0 aliphatic heterocycles. The van der Waals surface area contributed by atoms with Crippen LogP contribution in [0.1, 0.15) is 44.6 Å². The Labute approximate surface area is 101 Å². The molecule has 0 fully saturated rings. The van der Waals surface area contributed by atoms with Gasteiger partial charge in [0, 0.05) is 5.56 Å². The van der Waals surface area contributed by atoms with E-state index in [1.807, 2.05) is 0 Å². The normalized spacial score (nSPS) is 20.2. The molecule has 2 rings (SSSR count). The summed E-state index contributed by atoms with van der Waals surface area (Å²) in [5, 5.41) is 0. The Morgan fingerprint density at radius 3 is 2.76 bits per heavy atom. The molecule has 0 spiro atoms. The van der Waals surface area contributed by atoms with Gasteiger partial charge >= 0.3 is 0 Å². The van der Waals surface area contributed by atoms with Gasteiger partial charge in [0.05, 0.1) is 0 Å². The van der Waals surface area contributed by atoms with Crippen LogP contribution in [-0.2, 0) is 0 Å². The highest BCUT2D eigenvalue weighted by molar-refractivity contribution is 5.66. The van der Waals surface area contributed by atoms with Crippen LogP contribution in [0.15, 0.2) is 24.3 Å². The minimum atomic E-state index is -0.751. The zero-order valence-electron chi connectivity index (χ0n) is 10.2. The molecule has 1 atom stereocenters. The van der Waals surface area contributed by atoms with Gasteiger partial charge in [0.2, 0.25) is 0 Å². The minimum absolute atomic E-state index is 0.444. The van der Waals surface area contributed by atoms with Gasteiger partial charge in [-0.1, -0.05) is 38.0 Å². The largest absolute Gasteiger partial charge is 0.204 e. The van der Waals surface area contributed by atoms with E-state index in [1.165, 1.54) is 18.9 Å². The first-order valence-electron chi connectivity index (χ1n) is 6.35. The Kier molecular flexibility index (Phi) is 3.93. The molecule has 0 heterocycles. The van der Waals surface area contributed by atoms with Crippen LogP contribution in [0.5, 0.6) is 0 Å². The van der Waals surface area contributed by atoms with Gasteiger partial charge in [-0.3, -0.25) is 0 Å². The molecule has 1 aromatic rings. The fraction of sp³-hybridized carbons (Fsp3) is 0.467. The summed E-state index contributed by atoms with van der Waals surface area (Å²) in [7, 11) is 0. The highest BCUT2D eigenvalue weighted by Gasteiger charge is 2.18. The number of halogens is 2. The van der Waals surface area contributed by atoms with E-state index in [2.05, 4.69) is 13.0 Å². The van der Waals surface area contributed by atoms with E-state index in [0.717, 1.165) is 30.8 Å². The number of allylic oxidation sites excluding steroid dienone is 2. The minimum Gasteiger partial charge on any atom is -0.204 e. The lowest BCUT2D eigenvalue weighted by Crippen LogP contribution is -2.06. The Morgan fingerprint density at radius 1 is 1.29 bits per heavy atom. The summed E-state index contributed by atoms with van der Waals surface area (Å²) < 4.78 is 26.7. The van der Waals surface area contributed by atoms with E-state index >= 15 is 0 Å².